The van der Waals surface area contributed by atoms with Crippen LogP contribution < -0.4 is 0 Å². The summed E-state index contributed by atoms with van der Waals surface area (Å²) in [6.45, 7) is 2.19. The molecule has 0 heterocycles. The van der Waals surface area contributed by atoms with E-state index < -0.39 is 20.2 Å². The maximum Gasteiger partial charge on any atom is 0.341 e. The molecule has 0 bridgehead atoms. The third kappa shape index (κ3) is 6.72. The Balaban J connectivity index is 4.53. The minimum atomic E-state index is -3.41. The van der Waals surface area contributed by atoms with E-state index in [2.05, 4.69) is 0 Å². The zero-order chi connectivity index (χ0) is 11.9. The van der Waals surface area contributed by atoms with Crippen LogP contribution in [0, 0.1) is 0 Å². The molecule has 0 aliphatic carbocycles. The summed E-state index contributed by atoms with van der Waals surface area (Å²) in [4.78, 5) is 0. The Kier molecular flexibility index (Phi) is 7.35. The molecule has 0 spiro atoms. The van der Waals surface area contributed by atoms with Gasteiger partial charge < -0.3 is 13.6 Å². The number of hydrogen-bond acceptors (Lipinski definition) is 5. The molecule has 0 saturated heterocycles. The van der Waals surface area contributed by atoms with Gasteiger partial charge in [-0.25, -0.2) is 0 Å². The molecular formula is C7H17ClO5P2. The molecule has 0 aromatic rings. The van der Waals surface area contributed by atoms with Crippen molar-refractivity contribution in [2.75, 3.05) is 25.7 Å². The highest BCUT2D eigenvalue weighted by Crippen LogP contribution is 2.66. The van der Waals surface area contributed by atoms with Gasteiger partial charge in [0, 0.05) is 0 Å². The van der Waals surface area contributed by atoms with Crippen molar-refractivity contribution in [3.63, 3.8) is 0 Å². The van der Waals surface area contributed by atoms with E-state index in [-0.39, 0.29) is 19.8 Å². The fraction of sp³-hybridized carbons (Fsp3) is 1.00. The maximum absolute atomic E-state index is 11.9. The van der Waals surface area contributed by atoms with Crippen molar-refractivity contribution in [2.24, 2.45) is 0 Å². The van der Waals surface area contributed by atoms with Crippen LogP contribution in [0.2, 0.25) is 0 Å². The SMILES string of the molecule is CCOP(=O)(Cl)CP(=O)(OCC)OCC. The van der Waals surface area contributed by atoms with Crippen LogP contribution in [0.5, 0.6) is 0 Å². The van der Waals surface area contributed by atoms with Crippen molar-refractivity contribution in [3.8, 4) is 0 Å². The number of halogens is 1. The van der Waals surface area contributed by atoms with Gasteiger partial charge in [-0.1, -0.05) is 0 Å². The maximum atomic E-state index is 11.9. The van der Waals surface area contributed by atoms with Gasteiger partial charge in [0.25, 0.3) is 0 Å². The second-order valence-electron chi connectivity index (χ2n) is 2.60. The van der Waals surface area contributed by atoms with Gasteiger partial charge in [-0.15, -0.1) is 0 Å². The lowest BCUT2D eigenvalue weighted by molar-refractivity contribution is 0.222. The molecule has 0 N–H and O–H groups in total. The first kappa shape index (κ1) is 15.6. The van der Waals surface area contributed by atoms with Crippen molar-refractivity contribution in [1.29, 1.82) is 0 Å². The summed E-state index contributed by atoms with van der Waals surface area (Å²) in [5.74, 6) is -0.392. The van der Waals surface area contributed by atoms with Gasteiger partial charge in [-0.3, -0.25) is 9.13 Å². The number of hydrogen-bond donors (Lipinski definition) is 0. The monoisotopic (exact) mass is 278 g/mol. The number of rotatable bonds is 8. The highest BCUT2D eigenvalue weighted by Gasteiger charge is 2.35. The molecule has 0 radical (unpaired) electrons. The summed E-state index contributed by atoms with van der Waals surface area (Å²) in [5.41, 5.74) is 0. The molecule has 0 rings (SSSR count). The molecule has 0 aliphatic heterocycles. The predicted molar refractivity (Wildman–Crippen MR) is 60.8 cm³/mol. The Morgan fingerprint density at radius 2 is 1.33 bits per heavy atom. The van der Waals surface area contributed by atoms with Crippen molar-refractivity contribution >= 4 is 25.6 Å². The van der Waals surface area contributed by atoms with Gasteiger partial charge in [-0.2, -0.15) is 0 Å². The summed E-state index contributed by atoms with van der Waals surface area (Å²) < 4.78 is 38.2. The molecule has 0 aromatic heterocycles. The Morgan fingerprint density at radius 1 is 0.933 bits per heavy atom. The van der Waals surface area contributed by atoms with Crippen LogP contribution >= 0.6 is 25.6 Å². The van der Waals surface area contributed by atoms with Crippen molar-refractivity contribution in [1.82, 2.24) is 0 Å². The molecule has 1 unspecified atom stereocenters. The Morgan fingerprint density at radius 3 is 1.67 bits per heavy atom. The summed E-state index contributed by atoms with van der Waals surface area (Å²) in [7, 11) is -3.39. The third-order valence-corrected chi connectivity index (χ3v) is 7.25. The third-order valence-electron chi connectivity index (χ3n) is 1.32. The van der Waals surface area contributed by atoms with Gasteiger partial charge in [-0.05, 0) is 32.0 Å². The molecule has 0 saturated carbocycles. The van der Waals surface area contributed by atoms with Gasteiger partial charge in [0.15, 0.2) is 0 Å². The largest absolute Gasteiger partial charge is 0.341 e. The molecule has 1 atom stereocenters. The molecular weight excluding hydrogens is 261 g/mol. The first-order chi connectivity index (χ1) is 6.89. The van der Waals surface area contributed by atoms with Crippen molar-refractivity contribution < 1.29 is 22.7 Å². The van der Waals surface area contributed by atoms with E-state index in [9.17, 15) is 9.13 Å². The van der Waals surface area contributed by atoms with Crippen LogP contribution in [0.4, 0.5) is 0 Å². The summed E-state index contributed by atoms with van der Waals surface area (Å²) in [6.07, 6.45) is 0. The Hall–Kier alpha value is 0.630. The lowest BCUT2D eigenvalue weighted by Gasteiger charge is -2.19. The summed E-state index contributed by atoms with van der Waals surface area (Å²) >= 11 is 5.59. The van der Waals surface area contributed by atoms with Crippen LogP contribution in [0.25, 0.3) is 0 Å². The average Bonchev–Trinajstić information content (AvgIpc) is 2.02. The minimum absolute atomic E-state index is 0.193. The molecule has 92 valence electrons. The highest BCUT2D eigenvalue weighted by molar-refractivity contribution is 7.91. The lowest BCUT2D eigenvalue weighted by Crippen LogP contribution is -2.00. The molecule has 0 fully saturated rings. The second kappa shape index (κ2) is 7.05. The lowest BCUT2D eigenvalue weighted by atomic mass is 10.9. The van der Waals surface area contributed by atoms with Crippen LogP contribution in [0.1, 0.15) is 20.8 Å². The van der Waals surface area contributed by atoms with Gasteiger partial charge in [0.1, 0.15) is 5.90 Å². The Labute approximate surface area is 95.2 Å². The second-order valence-corrected chi connectivity index (χ2v) is 8.45. The zero-order valence-electron chi connectivity index (χ0n) is 9.14. The predicted octanol–water partition coefficient (Wildman–Crippen LogP) is 3.68. The molecule has 0 amide bonds. The fourth-order valence-corrected chi connectivity index (χ4v) is 6.31. The first-order valence-corrected chi connectivity index (χ1v) is 9.14. The van der Waals surface area contributed by atoms with Gasteiger partial charge in [0.2, 0.25) is 0 Å². The van der Waals surface area contributed by atoms with Gasteiger partial charge >= 0.3 is 14.3 Å². The minimum Gasteiger partial charge on any atom is -0.317 e. The van der Waals surface area contributed by atoms with Crippen LogP contribution in [-0.4, -0.2) is 25.7 Å². The van der Waals surface area contributed by atoms with Crippen molar-refractivity contribution in [3.05, 3.63) is 0 Å². The van der Waals surface area contributed by atoms with E-state index in [0.717, 1.165) is 0 Å². The van der Waals surface area contributed by atoms with Crippen LogP contribution in [0.15, 0.2) is 0 Å². The van der Waals surface area contributed by atoms with E-state index in [4.69, 9.17) is 24.8 Å². The van der Waals surface area contributed by atoms with Crippen molar-refractivity contribution in [2.45, 2.75) is 20.8 Å². The summed E-state index contributed by atoms with van der Waals surface area (Å²) in [5, 5.41) is 0. The van der Waals surface area contributed by atoms with E-state index in [0.29, 0.717) is 0 Å². The quantitative estimate of drug-likeness (QED) is 0.634. The molecule has 15 heavy (non-hydrogen) atoms. The van der Waals surface area contributed by atoms with E-state index >= 15 is 0 Å². The topological polar surface area (TPSA) is 61.8 Å². The van der Waals surface area contributed by atoms with Crippen LogP contribution in [0.3, 0.4) is 0 Å². The summed E-state index contributed by atoms with van der Waals surface area (Å²) in [6, 6.07) is 0. The van der Waals surface area contributed by atoms with Gasteiger partial charge in [0.05, 0.1) is 19.8 Å². The van der Waals surface area contributed by atoms with E-state index in [1.807, 2.05) is 0 Å². The Bertz CT molecular complexity index is 260. The smallest absolute Gasteiger partial charge is 0.317 e. The molecule has 0 aromatic carbocycles. The first-order valence-electron chi connectivity index (χ1n) is 4.70. The molecule has 8 heteroatoms. The highest BCUT2D eigenvalue weighted by atomic mass is 35.7. The molecule has 5 nitrogen and oxygen atoms in total. The fourth-order valence-electron chi connectivity index (χ4n) is 0.953. The van der Waals surface area contributed by atoms with Crippen LogP contribution in [-0.2, 0) is 22.7 Å². The zero-order valence-corrected chi connectivity index (χ0v) is 11.7. The molecule has 0 aliphatic rings. The van der Waals surface area contributed by atoms with E-state index in [1.165, 1.54) is 0 Å². The normalized spacial score (nSPS) is 16.3. The standard InChI is InChI=1S/C7H17ClO5P2/c1-4-11-14(8,9)7-15(10,12-5-2)13-6-3/h4-7H2,1-3H3. The van der Waals surface area contributed by atoms with E-state index in [1.54, 1.807) is 20.8 Å². The average molecular weight is 279 g/mol.